The summed E-state index contributed by atoms with van der Waals surface area (Å²) in [6.07, 6.45) is 3.92. The zero-order valence-corrected chi connectivity index (χ0v) is 24.2. The van der Waals surface area contributed by atoms with Crippen molar-refractivity contribution < 1.29 is 23.2 Å². The Morgan fingerprint density at radius 1 is 1.10 bits per heavy atom. The molecule has 5 heterocycles. The van der Waals surface area contributed by atoms with E-state index in [0.29, 0.717) is 37.3 Å². The van der Waals surface area contributed by atoms with Crippen molar-refractivity contribution >= 4 is 11.8 Å². The maximum Gasteiger partial charge on any atom is 0.233 e. The van der Waals surface area contributed by atoms with Crippen LogP contribution in [0, 0.1) is 11.8 Å². The molecule has 11 nitrogen and oxygen atoms in total. The number of ether oxygens (including phenoxy) is 1. The van der Waals surface area contributed by atoms with E-state index in [9.17, 15) is 14.0 Å². The highest BCUT2D eigenvalue weighted by Gasteiger charge is 2.51. The minimum absolute atomic E-state index is 0.0642. The Bertz CT molecular complexity index is 860. The lowest BCUT2D eigenvalue weighted by Crippen LogP contribution is -2.76. The fourth-order valence-corrected chi connectivity index (χ4v) is 8.02. The van der Waals surface area contributed by atoms with Crippen molar-refractivity contribution in [3.8, 4) is 0 Å². The minimum Gasteiger partial charge on any atom is -0.375 e. The van der Waals surface area contributed by atoms with Crippen LogP contribution < -0.4 is 27.4 Å². The summed E-state index contributed by atoms with van der Waals surface area (Å²) in [5, 5.41) is 10.1. The summed E-state index contributed by atoms with van der Waals surface area (Å²) in [6, 6.07) is 0.110. The molecule has 0 aromatic rings. The lowest BCUT2D eigenvalue weighted by atomic mass is 9.89. The Kier molecular flexibility index (Phi) is 9.97. The molecule has 5 aliphatic heterocycles. The zero-order chi connectivity index (χ0) is 28.3. The number of nitrogens with zero attached hydrogens (tertiary/aromatic N) is 3. The first-order chi connectivity index (χ1) is 19.3. The van der Waals surface area contributed by atoms with Crippen LogP contribution in [-0.2, 0) is 14.3 Å². The zero-order valence-electron chi connectivity index (χ0n) is 24.2. The summed E-state index contributed by atoms with van der Waals surface area (Å²) in [4.78, 5) is 31.3. The third-order valence-electron chi connectivity index (χ3n) is 10.1. The van der Waals surface area contributed by atoms with E-state index >= 15 is 0 Å². The van der Waals surface area contributed by atoms with Gasteiger partial charge in [0.25, 0.3) is 0 Å². The maximum atomic E-state index is 14.6. The van der Waals surface area contributed by atoms with Crippen molar-refractivity contribution in [2.45, 2.75) is 82.1 Å². The number of carbonyl (C=O) groups excluding carboxylic acids is 2. The van der Waals surface area contributed by atoms with Crippen molar-refractivity contribution in [2.75, 3.05) is 72.1 Å². The second-order valence-electron chi connectivity index (χ2n) is 12.8. The van der Waals surface area contributed by atoms with E-state index in [-0.39, 0.29) is 48.6 Å². The van der Waals surface area contributed by atoms with E-state index in [1.54, 1.807) is 0 Å². The van der Waals surface area contributed by atoms with Gasteiger partial charge in [-0.05, 0) is 65.1 Å². The van der Waals surface area contributed by atoms with Crippen molar-refractivity contribution in [3.63, 3.8) is 0 Å². The molecule has 0 aromatic heterocycles. The number of alkyl halides is 1. The minimum atomic E-state index is -0.930. The summed E-state index contributed by atoms with van der Waals surface area (Å²) >= 11 is 0. The first-order valence-electron chi connectivity index (χ1n) is 15.7. The van der Waals surface area contributed by atoms with Gasteiger partial charge in [0.2, 0.25) is 11.8 Å². The number of rotatable bonds is 8. The van der Waals surface area contributed by atoms with Crippen molar-refractivity contribution in [1.29, 1.82) is 0 Å². The third kappa shape index (κ3) is 6.48. The van der Waals surface area contributed by atoms with Crippen LogP contribution in [0.5, 0.6) is 0 Å². The van der Waals surface area contributed by atoms with E-state index in [0.717, 1.165) is 71.2 Å². The Balaban J connectivity index is 1.19. The lowest BCUT2D eigenvalue weighted by molar-refractivity contribution is -0.967. The SMILES string of the molecule is CCOC1CN(C(=O)C2CCN(C3CCNCC3NC(=O)C(C(N)N)C3NCC(F)C[N+]34CCCCC4)CC2)C1. The molecule has 7 N–H and O–H groups in total. The summed E-state index contributed by atoms with van der Waals surface area (Å²) in [6.45, 7) is 9.70. The molecule has 0 aliphatic carbocycles. The highest BCUT2D eigenvalue weighted by molar-refractivity contribution is 5.80. The molecule has 2 amide bonds. The number of nitrogens with one attached hydrogen (secondary N) is 3. The molecule has 0 aromatic carbocycles. The normalized spacial score (nSPS) is 33.1. The van der Waals surface area contributed by atoms with E-state index in [4.69, 9.17) is 16.2 Å². The smallest absolute Gasteiger partial charge is 0.233 e. The first-order valence-corrected chi connectivity index (χ1v) is 15.7. The van der Waals surface area contributed by atoms with Gasteiger partial charge in [0.15, 0.2) is 12.3 Å². The highest BCUT2D eigenvalue weighted by atomic mass is 19.1. The fraction of sp³-hybridized carbons (Fsp3) is 0.929. The average molecular weight is 568 g/mol. The largest absolute Gasteiger partial charge is 0.375 e. The van der Waals surface area contributed by atoms with Gasteiger partial charge in [-0.3, -0.25) is 19.8 Å². The number of hydrogen-bond donors (Lipinski definition) is 5. The van der Waals surface area contributed by atoms with Gasteiger partial charge in [-0.15, -0.1) is 0 Å². The molecule has 0 bridgehead atoms. The van der Waals surface area contributed by atoms with Crippen molar-refractivity contribution in [3.05, 3.63) is 0 Å². The molecule has 228 valence electrons. The number of hydrogen-bond acceptors (Lipinski definition) is 8. The van der Waals surface area contributed by atoms with E-state index < -0.39 is 18.3 Å². The number of quaternary nitrogens is 1. The molecule has 5 saturated heterocycles. The van der Waals surface area contributed by atoms with E-state index in [1.165, 1.54) is 0 Å². The van der Waals surface area contributed by atoms with Crippen LogP contribution in [0.1, 0.15) is 45.4 Å². The van der Waals surface area contributed by atoms with Gasteiger partial charge in [0, 0.05) is 44.7 Å². The van der Waals surface area contributed by atoms with Crippen molar-refractivity contribution in [1.82, 2.24) is 25.8 Å². The molecule has 5 aliphatic rings. The lowest BCUT2D eigenvalue weighted by Gasteiger charge is -2.53. The van der Waals surface area contributed by atoms with Gasteiger partial charge in [0.1, 0.15) is 12.5 Å². The maximum absolute atomic E-state index is 14.6. The van der Waals surface area contributed by atoms with Crippen molar-refractivity contribution in [2.24, 2.45) is 23.3 Å². The van der Waals surface area contributed by atoms with Crippen LogP contribution >= 0.6 is 0 Å². The predicted octanol–water partition coefficient (Wildman–Crippen LogP) is -1.08. The summed E-state index contributed by atoms with van der Waals surface area (Å²) < 4.78 is 20.7. The predicted molar refractivity (Wildman–Crippen MR) is 151 cm³/mol. The number of amides is 2. The first kappa shape index (κ1) is 30.1. The molecular weight excluding hydrogens is 515 g/mol. The van der Waals surface area contributed by atoms with Gasteiger partial charge in [-0.1, -0.05) is 0 Å². The van der Waals surface area contributed by atoms with Gasteiger partial charge < -0.3 is 36.2 Å². The molecule has 5 rings (SSSR count). The molecule has 5 unspecified atom stereocenters. The summed E-state index contributed by atoms with van der Waals surface area (Å²) in [7, 11) is 0. The van der Waals surface area contributed by atoms with Crippen LogP contribution in [0.3, 0.4) is 0 Å². The van der Waals surface area contributed by atoms with Gasteiger partial charge in [0.05, 0.1) is 31.4 Å². The third-order valence-corrected chi connectivity index (χ3v) is 10.1. The summed E-state index contributed by atoms with van der Waals surface area (Å²) in [5.74, 6) is -0.461. The Hall–Kier alpha value is -1.41. The summed E-state index contributed by atoms with van der Waals surface area (Å²) in [5.41, 5.74) is 12.6. The molecule has 40 heavy (non-hydrogen) atoms. The fourth-order valence-electron chi connectivity index (χ4n) is 8.02. The van der Waals surface area contributed by atoms with Crippen LogP contribution in [-0.4, -0.2) is 135 Å². The van der Waals surface area contributed by atoms with Gasteiger partial charge in [-0.2, -0.15) is 0 Å². The quantitative estimate of drug-likeness (QED) is 0.185. The van der Waals surface area contributed by atoms with E-state index in [2.05, 4.69) is 20.9 Å². The van der Waals surface area contributed by atoms with Crippen LogP contribution in [0.15, 0.2) is 0 Å². The molecule has 5 atom stereocenters. The number of carbonyl (C=O) groups is 2. The average Bonchev–Trinajstić information content (AvgIpc) is 2.92. The number of nitrogens with two attached hydrogens (primary N) is 2. The van der Waals surface area contributed by atoms with Gasteiger partial charge in [-0.25, -0.2) is 4.39 Å². The second-order valence-corrected chi connectivity index (χ2v) is 12.8. The Labute approximate surface area is 238 Å². The second kappa shape index (κ2) is 13.3. The van der Waals surface area contributed by atoms with Crippen LogP contribution in [0.25, 0.3) is 0 Å². The molecule has 0 radical (unpaired) electrons. The van der Waals surface area contributed by atoms with E-state index in [1.807, 2.05) is 11.8 Å². The van der Waals surface area contributed by atoms with Crippen LogP contribution in [0.4, 0.5) is 4.39 Å². The van der Waals surface area contributed by atoms with Crippen LogP contribution in [0.2, 0.25) is 0 Å². The monoisotopic (exact) mass is 567 g/mol. The molecular formula is C28H52FN8O3+. The number of likely N-dealkylation sites (tertiary alicyclic amines) is 2. The Morgan fingerprint density at radius 3 is 2.50 bits per heavy atom. The molecule has 12 heteroatoms. The molecule has 0 saturated carbocycles. The molecule has 5 fully saturated rings. The standard InChI is InChI=1S/C28H51FN8O3/c1-2-40-21-16-36(17-21)28(39)19-7-10-35(11-8-19)23-6-9-32-15-22(23)34-27(38)24(25(30)31)26-33-14-20(29)18-37(26)12-4-3-5-13-37/h19-26,32-33H,2-18,30-31H2,1H3/p+1. The topological polar surface area (TPSA) is 138 Å². The highest BCUT2D eigenvalue weighted by Crippen LogP contribution is 2.31. The number of piperidine rings is 3. The Morgan fingerprint density at radius 2 is 1.82 bits per heavy atom. The number of halogens is 1. The molecule has 1 spiro atoms. The van der Waals surface area contributed by atoms with Gasteiger partial charge >= 0.3 is 0 Å².